The molecule has 2 heterocycles. The van der Waals surface area contributed by atoms with Crippen molar-refractivity contribution >= 4 is 34.6 Å². The van der Waals surface area contributed by atoms with Crippen molar-refractivity contribution in [2.45, 2.75) is 20.4 Å². The predicted molar refractivity (Wildman–Crippen MR) is 109 cm³/mol. The van der Waals surface area contributed by atoms with Crippen LogP contribution in [-0.4, -0.2) is 32.8 Å². The number of nitrogens with zero attached hydrogens (tertiary/aromatic N) is 3. The first-order chi connectivity index (χ1) is 12.9. The summed E-state index contributed by atoms with van der Waals surface area (Å²) < 4.78 is 7.63. The average Bonchev–Trinajstić information content (AvgIpc) is 3.18. The topological polar surface area (TPSA) is 84.8 Å². The highest BCUT2D eigenvalue weighted by Gasteiger charge is 2.19. The number of aromatic amines is 1. The molecule has 7 nitrogen and oxygen atoms in total. The quantitative estimate of drug-likeness (QED) is 0.479. The number of allylic oxidation sites excluding steroid dienone is 1. The second-order valence-electron chi connectivity index (χ2n) is 5.84. The first kappa shape index (κ1) is 19.0. The fourth-order valence-electron chi connectivity index (χ4n) is 2.61. The number of carbonyl (C=O) groups is 1. The molecule has 2 aromatic heterocycles. The molecule has 2 N–H and O–H groups in total. The number of nitrogens with one attached hydrogen (secondary N) is 2. The Kier molecular flexibility index (Phi) is 5.52. The van der Waals surface area contributed by atoms with Gasteiger partial charge in [-0.05, 0) is 38.2 Å². The molecular formula is C18H19N5O2S2. The van der Waals surface area contributed by atoms with E-state index < -0.39 is 0 Å². The third kappa shape index (κ3) is 3.83. The number of amides is 1. The molecule has 0 atom stereocenters. The summed E-state index contributed by atoms with van der Waals surface area (Å²) in [6.45, 7) is 8.06. The largest absolute Gasteiger partial charge is 0.496 e. The van der Waals surface area contributed by atoms with E-state index >= 15 is 0 Å². The second kappa shape index (κ2) is 7.85. The zero-order valence-corrected chi connectivity index (χ0v) is 16.8. The second-order valence-corrected chi connectivity index (χ2v) is 7.23. The van der Waals surface area contributed by atoms with Gasteiger partial charge in [0.2, 0.25) is 0 Å². The van der Waals surface area contributed by atoms with Crippen molar-refractivity contribution in [1.82, 2.24) is 19.7 Å². The highest BCUT2D eigenvalue weighted by molar-refractivity contribution is 7.71. The van der Waals surface area contributed by atoms with Gasteiger partial charge < -0.3 is 4.74 Å². The van der Waals surface area contributed by atoms with E-state index in [9.17, 15) is 4.79 Å². The Morgan fingerprint density at radius 3 is 2.96 bits per heavy atom. The van der Waals surface area contributed by atoms with E-state index in [0.717, 1.165) is 16.1 Å². The van der Waals surface area contributed by atoms with Crippen molar-refractivity contribution < 1.29 is 9.53 Å². The molecule has 1 amide bonds. The van der Waals surface area contributed by atoms with E-state index in [-0.39, 0.29) is 5.91 Å². The number of hydrogen-bond donors (Lipinski definition) is 2. The number of H-pyrrole nitrogens is 1. The van der Waals surface area contributed by atoms with Gasteiger partial charge in [-0.25, -0.2) is 4.98 Å². The molecule has 9 heteroatoms. The Morgan fingerprint density at radius 1 is 1.48 bits per heavy atom. The molecule has 3 aromatic rings. The molecule has 0 aliphatic heterocycles. The Bertz CT molecular complexity index is 1060. The minimum absolute atomic E-state index is 0.277. The van der Waals surface area contributed by atoms with Crippen LogP contribution in [-0.2, 0) is 6.54 Å². The standard InChI is InChI=1S/C18H19N5O2S2/c1-5-8-23-15(21-22-18(23)26)14-11(3)19-17(27-14)20-16(24)12-9-10(2)6-7-13(12)25-4/h5-7,9H,1,8H2,2-4H3,(H,22,26)(H,19,20,24). The van der Waals surface area contributed by atoms with E-state index in [1.54, 1.807) is 18.2 Å². The van der Waals surface area contributed by atoms with Crippen LogP contribution in [0.25, 0.3) is 10.7 Å². The monoisotopic (exact) mass is 401 g/mol. The van der Waals surface area contributed by atoms with E-state index in [1.165, 1.54) is 18.4 Å². The zero-order chi connectivity index (χ0) is 19.6. The van der Waals surface area contributed by atoms with Gasteiger partial charge in [0.25, 0.3) is 5.91 Å². The van der Waals surface area contributed by atoms with Crippen molar-refractivity contribution in [3.8, 4) is 16.5 Å². The van der Waals surface area contributed by atoms with Gasteiger partial charge in [-0.3, -0.25) is 19.8 Å². The number of ether oxygens (including phenoxy) is 1. The Hall–Kier alpha value is -2.78. The van der Waals surface area contributed by atoms with Gasteiger partial charge in [0.1, 0.15) is 5.75 Å². The lowest BCUT2D eigenvalue weighted by atomic mass is 10.1. The highest BCUT2D eigenvalue weighted by atomic mass is 32.1. The summed E-state index contributed by atoms with van der Waals surface area (Å²) in [4.78, 5) is 18.0. The third-order valence-corrected chi connectivity index (χ3v) is 5.27. The molecule has 27 heavy (non-hydrogen) atoms. The maximum atomic E-state index is 12.7. The van der Waals surface area contributed by atoms with Gasteiger partial charge >= 0.3 is 0 Å². The number of benzene rings is 1. The molecular weight excluding hydrogens is 382 g/mol. The summed E-state index contributed by atoms with van der Waals surface area (Å²) in [5.41, 5.74) is 2.18. The lowest BCUT2D eigenvalue weighted by Gasteiger charge is -2.08. The highest BCUT2D eigenvalue weighted by Crippen LogP contribution is 2.32. The molecule has 0 radical (unpaired) electrons. The molecule has 0 aliphatic carbocycles. The van der Waals surface area contributed by atoms with E-state index in [0.29, 0.717) is 33.6 Å². The number of rotatable bonds is 6. The van der Waals surface area contributed by atoms with E-state index in [2.05, 4.69) is 27.1 Å². The number of methoxy groups -OCH3 is 1. The Morgan fingerprint density at radius 2 is 2.26 bits per heavy atom. The maximum Gasteiger partial charge on any atom is 0.261 e. The summed E-state index contributed by atoms with van der Waals surface area (Å²) in [5.74, 6) is 0.905. The summed E-state index contributed by atoms with van der Waals surface area (Å²) in [6, 6.07) is 5.45. The van der Waals surface area contributed by atoms with Crippen molar-refractivity contribution in [1.29, 1.82) is 0 Å². The van der Waals surface area contributed by atoms with Gasteiger partial charge in [0.05, 0.1) is 23.2 Å². The Balaban J connectivity index is 1.92. The molecule has 0 saturated carbocycles. The van der Waals surface area contributed by atoms with Crippen LogP contribution in [0.5, 0.6) is 5.75 Å². The van der Waals surface area contributed by atoms with Crippen molar-refractivity contribution in [2.75, 3.05) is 12.4 Å². The molecule has 0 fully saturated rings. The Labute approximate surface area is 165 Å². The molecule has 1 aromatic carbocycles. The maximum absolute atomic E-state index is 12.7. The van der Waals surface area contributed by atoms with E-state index in [1.807, 2.05) is 24.5 Å². The van der Waals surface area contributed by atoms with Gasteiger partial charge in [-0.2, -0.15) is 5.10 Å². The van der Waals surface area contributed by atoms with Crippen LogP contribution < -0.4 is 10.1 Å². The van der Waals surface area contributed by atoms with Gasteiger partial charge in [-0.1, -0.05) is 29.0 Å². The van der Waals surface area contributed by atoms with Gasteiger partial charge in [0, 0.05) is 6.54 Å². The number of hydrogen-bond acceptors (Lipinski definition) is 6. The normalized spacial score (nSPS) is 10.6. The molecule has 0 spiro atoms. The fraction of sp³-hybridized carbons (Fsp3) is 0.222. The van der Waals surface area contributed by atoms with Crippen LogP contribution in [0.2, 0.25) is 0 Å². The van der Waals surface area contributed by atoms with Crippen LogP contribution in [0.4, 0.5) is 5.13 Å². The average molecular weight is 402 g/mol. The summed E-state index contributed by atoms with van der Waals surface area (Å²) in [6.07, 6.45) is 1.75. The number of aromatic nitrogens is 4. The fourth-order valence-corrected chi connectivity index (χ4v) is 3.78. The third-order valence-electron chi connectivity index (χ3n) is 3.89. The predicted octanol–water partition coefficient (Wildman–Crippen LogP) is 4.13. The lowest BCUT2D eigenvalue weighted by molar-refractivity contribution is 0.102. The molecule has 3 rings (SSSR count). The van der Waals surface area contributed by atoms with Crippen LogP contribution in [0.15, 0.2) is 30.9 Å². The molecule has 0 unspecified atom stereocenters. The molecule has 140 valence electrons. The lowest BCUT2D eigenvalue weighted by Crippen LogP contribution is -2.13. The number of anilines is 1. The first-order valence-electron chi connectivity index (χ1n) is 8.14. The summed E-state index contributed by atoms with van der Waals surface area (Å²) in [5, 5.41) is 10.4. The van der Waals surface area contributed by atoms with Crippen LogP contribution in [0.3, 0.4) is 0 Å². The van der Waals surface area contributed by atoms with Crippen molar-refractivity contribution in [3.63, 3.8) is 0 Å². The molecule has 0 aliphatic rings. The number of carbonyl (C=O) groups excluding carboxylic acids is 1. The SMILES string of the molecule is C=CCn1c(-c2sc(NC(=O)c3cc(C)ccc3OC)nc2C)n[nH]c1=S. The minimum Gasteiger partial charge on any atom is -0.496 e. The van der Waals surface area contributed by atoms with Gasteiger partial charge in [0.15, 0.2) is 15.7 Å². The smallest absolute Gasteiger partial charge is 0.261 e. The first-order valence-corrected chi connectivity index (χ1v) is 9.37. The number of thiazole rings is 1. The molecule has 0 saturated heterocycles. The molecule has 0 bridgehead atoms. The van der Waals surface area contributed by atoms with E-state index in [4.69, 9.17) is 17.0 Å². The van der Waals surface area contributed by atoms with Gasteiger partial charge in [-0.15, -0.1) is 6.58 Å². The van der Waals surface area contributed by atoms with Crippen LogP contribution in [0, 0.1) is 18.6 Å². The summed E-state index contributed by atoms with van der Waals surface area (Å²) >= 11 is 6.60. The van der Waals surface area contributed by atoms with Crippen molar-refractivity contribution in [2.24, 2.45) is 0 Å². The number of aryl methyl sites for hydroxylation is 2. The van der Waals surface area contributed by atoms with Crippen LogP contribution >= 0.6 is 23.6 Å². The van der Waals surface area contributed by atoms with Crippen LogP contribution in [0.1, 0.15) is 21.6 Å². The minimum atomic E-state index is -0.277. The summed E-state index contributed by atoms with van der Waals surface area (Å²) in [7, 11) is 1.54. The zero-order valence-electron chi connectivity index (χ0n) is 15.2. The van der Waals surface area contributed by atoms with Crippen molar-refractivity contribution in [3.05, 3.63) is 52.4 Å².